The summed E-state index contributed by atoms with van der Waals surface area (Å²) in [5, 5.41) is 0. The molecule has 4 heteroatoms. The van der Waals surface area contributed by atoms with E-state index in [4.69, 9.17) is 9.47 Å². The Bertz CT molecular complexity index is 530. The molecule has 2 saturated heterocycles. The summed E-state index contributed by atoms with van der Waals surface area (Å²) in [6.45, 7) is 11.0. The van der Waals surface area contributed by atoms with Crippen molar-refractivity contribution >= 4 is 0 Å². The predicted molar refractivity (Wildman–Crippen MR) is 103 cm³/mol. The number of morpholine rings is 1. The molecular weight excluding hydrogens is 312 g/mol. The minimum absolute atomic E-state index is 0.260. The van der Waals surface area contributed by atoms with E-state index in [0.29, 0.717) is 0 Å². The Labute approximate surface area is 153 Å². The molecule has 2 aliphatic heterocycles. The molecule has 0 bridgehead atoms. The summed E-state index contributed by atoms with van der Waals surface area (Å²) in [6, 6.07) is 8.76. The van der Waals surface area contributed by atoms with Crippen molar-refractivity contribution in [2.24, 2.45) is 0 Å². The van der Waals surface area contributed by atoms with Crippen LogP contribution >= 0.6 is 0 Å². The Balaban J connectivity index is 1.69. The fraction of sp³-hybridized carbons (Fsp3) is 0.714. The number of likely N-dealkylation sites (tertiary alicyclic amines) is 1. The number of hydrogen-bond acceptors (Lipinski definition) is 4. The zero-order valence-corrected chi connectivity index (χ0v) is 16.0. The molecule has 0 saturated carbocycles. The van der Waals surface area contributed by atoms with E-state index in [1.165, 1.54) is 57.4 Å². The average molecular weight is 347 g/mol. The molecule has 2 aliphatic rings. The summed E-state index contributed by atoms with van der Waals surface area (Å²) in [5.74, 6) is 0.981. The highest BCUT2D eigenvalue weighted by Gasteiger charge is 2.34. The highest BCUT2D eigenvalue weighted by atomic mass is 16.5. The summed E-state index contributed by atoms with van der Waals surface area (Å²) in [6.07, 6.45) is 5.10. The van der Waals surface area contributed by atoms with Crippen LogP contribution in [0.15, 0.2) is 24.3 Å². The molecule has 1 atom stereocenters. The second-order valence-electron chi connectivity index (χ2n) is 7.55. The molecule has 25 heavy (non-hydrogen) atoms. The monoisotopic (exact) mass is 346 g/mol. The third-order valence-electron chi connectivity index (χ3n) is 6.10. The van der Waals surface area contributed by atoms with Gasteiger partial charge in [-0.1, -0.05) is 25.5 Å². The number of methoxy groups -OCH3 is 1. The van der Waals surface area contributed by atoms with Crippen LogP contribution in [-0.4, -0.2) is 69.4 Å². The Hall–Kier alpha value is -1.10. The van der Waals surface area contributed by atoms with Crippen LogP contribution in [0.2, 0.25) is 0 Å². The maximum Gasteiger partial charge on any atom is 0.119 e. The lowest BCUT2D eigenvalue weighted by molar-refractivity contribution is 0.0325. The molecule has 0 N–H and O–H groups in total. The van der Waals surface area contributed by atoms with Gasteiger partial charge in [-0.25, -0.2) is 0 Å². The van der Waals surface area contributed by atoms with Gasteiger partial charge in [-0.2, -0.15) is 0 Å². The van der Waals surface area contributed by atoms with Crippen LogP contribution in [0, 0.1) is 0 Å². The van der Waals surface area contributed by atoms with Crippen molar-refractivity contribution in [1.82, 2.24) is 9.80 Å². The summed E-state index contributed by atoms with van der Waals surface area (Å²) < 4.78 is 11.0. The zero-order valence-electron chi connectivity index (χ0n) is 16.0. The minimum Gasteiger partial charge on any atom is -0.497 e. The summed E-state index contributed by atoms with van der Waals surface area (Å²) in [5.41, 5.74) is 1.71. The first-order valence-electron chi connectivity index (χ1n) is 9.93. The summed E-state index contributed by atoms with van der Waals surface area (Å²) >= 11 is 0. The second-order valence-corrected chi connectivity index (χ2v) is 7.55. The van der Waals surface area contributed by atoms with Gasteiger partial charge in [0.1, 0.15) is 5.75 Å². The normalized spacial score (nSPS) is 26.3. The Morgan fingerprint density at radius 3 is 2.64 bits per heavy atom. The maximum atomic E-state index is 5.49. The van der Waals surface area contributed by atoms with Gasteiger partial charge in [0.15, 0.2) is 0 Å². The zero-order chi connectivity index (χ0) is 17.5. The molecule has 0 spiro atoms. The van der Waals surface area contributed by atoms with Crippen molar-refractivity contribution in [3.05, 3.63) is 29.8 Å². The lowest BCUT2D eigenvalue weighted by Gasteiger charge is -2.37. The van der Waals surface area contributed by atoms with E-state index in [-0.39, 0.29) is 5.41 Å². The largest absolute Gasteiger partial charge is 0.497 e. The molecule has 0 amide bonds. The van der Waals surface area contributed by atoms with E-state index in [0.717, 1.165) is 32.1 Å². The van der Waals surface area contributed by atoms with Crippen LogP contribution in [0.3, 0.4) is 0 Å². The van der Waals surface area contributed by atoms with E-state index in [2.05, 4.69) is 41.0 Å². The van der Waals surface area contributed by atoms with Gasteiger partial charge < -0.3 is 14.4 Å². The summed E-state index contributed by atoms with van der Waals surface area (Å²) in [4.78, 5) is 5.25. The van der Waals surface area contributed by atoms with Crippen molar-refractivity contribution < 1.29 is 9.47 Å². The van der Waals surface area contributed by atoms with Crippen molar-refractivity contribution in [2.75, 3.05) is 59.6 Å². The standard InChI is InChI=1S/C21H34N2O2/c1-3-21(19-7-6-8-20(17-19)24-2)9-4-5-10-23(18-21)12-11-22-13-15-25-16-14-22/h6-8,17H,3-5,9-16,18H2,1-2H3. The molecular formula is C21H34N2O2. The van der Waals surface area contributed by atoms with E-state index in [9.17, 15) is 0 Å². The summed E-state index contributed by atoms with van der Waals surface area (Å²) in [7, 11) is 1.76. The first kappa shape index (κ1) is 18.7. The van der Waals surface area contributed by atoms with Crippen molar-refractivity contribution in [2.45, 2.75) is 38.0 Å². The van der Waals surface area contributed by atoms with E-state index < -0.39 is 0 Å². The van der Waals surface area contributed by atoms with Crippen LogP contribution in [0.25, 0.3) is 0 Å². The third-order valence-corrected chi connectivity index (χ3v) is 6.10. The van der Waals surface area contributed by atoms with E-state index >= 15 is 0 Å². The van der Waals surface area contributed by atoms with Gasteiger partial charge >= 0.3 is 0 Å². The molecule has 140 valence electrons. The van der Waals surface area contributed by atoms with Crippen LogP contribution in [-0.2, 0) is 10.2 Å². The third kappa shape index (κ3) is 4.75. The van der Waals surface area contributed by atoms with Crippen LogP contribution < -0.4 is 4.74 Å². The van der Waals surface area contributed by atoms with E-state index in [1.807, 2.05) is 0 Å². The van der Waals surface area contributed by atoms with Gasteiger partial charge in [-0.3, -0.25) is 4.90 Å². The molecule has 4 nitrogen and oxygen atoms in total. The molecule has 1 unspecified atom stereocenters. The van der Waals surface area contributed by atoms with Gasteiger partial charge in [0.2, 0.25) is 0 Å². The second kappa shape index (κ2) is 9.02. The van der Waals surface area contributed by atoms with Crippen LogP contribution in [0.5, 0.6) is 5.75 Å². The number of benzene rings is 1. The van der Waals surface area contributed by atoms with E-state index in [1.54, 1.807) is 7.11 Å². The molecule has 0 aromatic heterocycles. The topological polar surface area (TPSA) is 24.9 Å². The molecule has 2 heterocycles. The number of rotatable bonds is 6. The Kier molecular flexibility index (Phi) is 6.74. The molecule has 1 aromatic carbocycles. The van der Waals surface area contributed by atoms with Crippen LogP contribution in [0.1, 0.15) is 38.2 Å². The first-order chi connectivity index (χ1) is 12.3. The molecule has 1 aromatic rings. The average Bonchev–Trinajstić information content (AvgIpc) is 2.90. The van der Waals surface area contributed by atoms with Crippen molar-refractivity contribution in [3.8, 4) is 5.75 Å². The van der Waals surface area contributed by atoms with Crippen molar-refractivity contribution in [1.29, 1.82) is 0 Å². The highest BCUT2D eigenvalue weighted by Crippen LogP contribution is 2.37. The number of hydrogen-bond donors (Lipinski definition) is 0. The van der Waals surface area contributed by atoms with Gasteiger partial charge in [-0.05, 0) is 43.5 Å². The van der Waals surface area contributed by atoms with Gasteiger partial charge in [0.05, 0.1) is 20.3 Å². The van der Waals surface area contributed by atoms with Crippen LogP contribution in [0.4, 0.5) is 0 Å². The molecule has 2 fully saturated rings. The fourth-order valence-corrected chi connectivity index (χ4v) is 4.36. The molecule has 0 radical (unpaired) electrons. The smallest absolute Gasteiger partial charge is 0.119 e. The minimum atomic E-state index is 0.260. The Morgan fingerprint density at radius 1 is 1.08 bits per heavy atom. The lowest BCUT2D eigenvalue weighted by atomic mass is 9.74. The maximum absolute atomic E-state index is 5.49. The molecule has 0 aliphatic carbocycles. The molecule has 3 rings (SSSR count). The Morgan fingerprint density at radius 2 is 1.88 bits per heavy atom. The fourth-order valence-electron chi connectivity index (χ4n) is 4.36. The van der Waals surface area contributed by atoms with Gasteiger partial charge in [0, 0.05) is 38.1 Å². The quantitative estimate of drug-likeness (QED) is 0.790. The SMILES string of the molecule is CCC1(c2cccc(OC)c2)CCCCN(CCN2CCOCC2)C1. The first-order valence-corrected chi connectivity index (χ1v) is 9.93. The van der Waals surface area contributed by atoms with Gasteiger partial charge in [-0.15, -0.1) is 0 Å². The number of ether oxygens (including phenoxy) is 2. The van der Waals surface area contributed by atoms with Crippen molar-refractivity contribution in [3.63, 3.8) is 0 Å². The predicted octanol–water partition coefficient (Wildman–Crippen LogP) is 3.16. The lowest BCUT2D eigenvalue weighted by Crippen LogP contribution is -2.45. The number of nitrogens with zero attached hydrogens (tertiary/aromatic N) is 2. The van der Waals surface area contributed by atoms with Gasteiger partial charge in [0.25, 0.3) is 0 Å². The highest BCUT2D eigenvalue weighted by molar-refractivity contribution is 5.34.